The third-order valence-electron chi connectivity index (χ3n) is 2.56. The molecule has 1 aromatic heterocycles. The Morgan fingerprint density at radius 2 is 2.26 bits per heavy atom. The minimum atomic E-state index is -0.280. The Kier molecular flexibility index (Phi) is 6.27. The summed E-state index contributed by atoms with van der Waals surface area (Å²) < 4.78 is 6.39. The van der Waals surface area contributed by atoms with E-state index in [9.17, 15) is 4.79 Å². The lowest BCUT2D eigenvalue weighted by Gasteiger charge is -2.16. The van der Waals surface area contributed by atoms with Gasteiger partial charge in [0.05, 0.1) is 25.0 Å². The molecule has 0 aliphatic heterocycles. The summed E-state index contributed by atoms with van der Waals surface area (Å²) in [5.41, 5.74) is 0.260. The first-order valence-corrected chi connectivity index (χ1v) is 6.49. The van der Waals surface area contributed by atoms with Crippen molar-refractivity contribution >= 4 is 17.3 Å². The maximum atomic E-state index is 12.0. The molecular weight excluding hydrogens is 268 g/mol. The van der Waals surface area contributed by atoms with Crippen LogP contribution in [0, 0.1) is 0 Å². The summed E-state index contributed by atoms with van der Waals surface area (Å²) >= 11 is 6.07. The highest BCUT2D eigenvalue weighted by molar-refractivity contribution is 6.32. The maximum Gasteiger partial charge on any atom is 0.287 e. The van der Waals surface area contributed by atoms with E-state index in [2.05, 4.69) is 10.4 Å². The second-order valence-corrected chi connectivity index (χ2v) is 5.08. The standard InChI is InChI=1S/C12H21ClN4O2/c1-9(8-19-4)15-10-7-14-17(6-5-16(2)3)12(18)11(10)13/h7,9,15H,5-6,8H2,1-4H3. The van der Waals surface area contributed by atoms with E-state index < -0.39 is 0 Å². The van der Waals surface area contributed by atoms with Gasteiger partial charge in [-0.15, -0.1) is 0 Å². The number of nitrogens with zero attached hydrogens (tertiary/aromatic N) is 3. The topological polar surface area (TPSA) is 59.4 Å². The number of anilines is 1. The van der Waals surface area contributed by atoms with Crippen LogP contribution in [0.3, 0.4) is 0 Å². The number of methoxy groups -OCH3 is 1. The minimum absolute atomic E-state index is 0.0568. The fraction of sp³-hybridized carbons (Fsp3) is 0.667. The van der Waals surface area contributed by atoms with E-state index >= 15 is 0 Å². The predicted octanol–water partition coefficient (Wildman–Crippen LogP) is 0.905. The molecule has 1 rings (SSSR count). The van der Waals surface area contributed by atoms with Gasteiger partial charge in [-0.25, -0.2) is 4.68 Å². The molecule has 0 aliphatic carbocycles. The molecule has 19 heavy (non-hydrogen) atoms. The molecule has 7 heteroatoms. The van der Waals surface area contributed by atoms with Crippen LogP contribution in [-0.2, 0) is 11.3 Å². The van der Waals surface area contributed by atoms with Crippen LogP contribution in [0.5, 0.6) is 0 Å². The molecule has 0 bridgehead atoms. The molecule has 0 amide bonds. The number of hydrogen-bond acceptors (Lipinski definition) is 5. The van der Waals surface area contributed by atoms with Gasteiger partial charge in [0.1, 0.15) is 5.02 Å². The lowest BCUT2D eigenvalue weighted by Crippen LogP contribution is -2.30. The molecule has 1 N–H and O–H groups in total. The molecule has 1 atom stereocenters. The Bertz CT molecular complexity index is 462. The Hall–Kier alpha value is -1.11. The summed E-state index contributed by atoms with van der Waals surface area (Å²) in [7, 11) is 5.50. The van der Waals surface area contributed by atoms with E-state index in [4.69, 9.17) is 16.3 Å². The number of halogens is 1. The number of rotatable bonds is 7. The predicted molar refractivity (Wildman–Crippen MR) is 77.0 cm³/mol. The van der Waals surface area contributed by atoms with Gasteiger partial charge < -0.3 is 15.0 Å². The van der Waals surface area contributed by atoms with Crippen molar-refractivity contribution < 1.29 is 4.74 Å². The van der Waals surface area contributed by atoms with E-state index in [-0.39, 0.29) is 16.6 Å². The van der Waals surface area contributed by atoms with Crippen molar-refractivity contribution in [3.8, 4) is 0 Å². The van der Waals surface area contributed by atoms with Crippen LogP contribution in [-0.4, -0.2) is 55.1 Å². The number of nitrogens with one attached hydrogen (secondary N) is 1. The largest absolute Gasteiger partial charge is 0.383 e. The molecule has 108 valence electrons. The van der Waals surface area contributed by atoms with Gasteiger partial charge in [0.25, 0.3) is 5.56 Å². The molecule has 6 nitrogen and oxygen atoms in total. The van der Waals surface area contributed by atoms with E-state index in [0.29, 0.717) is 18.8 Å². The van der Waals surface area contributed by atoms with Crippen molar-refractivity contribution in [3.63, 3.8) is 0 Å². The molecule has 0 aliphatic rings. The molecule has 1 unspecified atom stereocenters. The van der Waals surface area contributed by atoms with Crippen LogP contribution in [0.4, 0.5) is 5.69 Å². The molecule has 1 heterocycles. The summed E-state index contributed by atoms with van der Waals surface area (Å²) in [6.45, 7) is 3.72. The van der Waals surface area contributed by atoms with Gasteiger partial charge in [0, 0.05) is 19.7 Å². The van der Waals surface area contributed by atoms with Crippen molar-refractivity contribution in [2.75, 3.05) is 39.7 Å². The number of likely N-dealkylation sites (N-methyl/N-ethyl adjacent to an activating group) is 1. The van der Waals surface area contributed by atoms with Gasteiger partial charge in [-0.3, -0.25) is 4.79 Å². The lowest BCUT2D eigenvalue weighted by atomic mass is 10.3. The zero-order chi connectivity index (χ0) is 14.4. The highest BCUT2D eigenvalue weighted by Crippen LogP contribution is 2.16. The normalized spacial score (nSPS) is 12.7. The highest BCUT2D eigenvalue weighted by Gasteiger charge is 2.11. The fourth-order valence-electron chi connectivity index (χ4n) is 1.58. The van der Waals surface area contributed by atoms with Crippen LogP contribution in [0.25, 0.3) is 0 Å². The first-order valence-electron chi connectivity index (χ1n) is 6.11. The fourth-order valence-corrected chi connectivity index (χ4v) is 1.78. The summed E-state index contributed by atoms with van der Waals surface area (Å²) in [5.74, 6) is 0. The molecule has 0 saturated heterocycles. The summed E-state index contributed by atoms with van der Waals surface area (Å²) in [6.07, 6.45) is 1.57. The molecule has 0 radical (unpaired) electrons. The zero-order valence-corrected chi connectivity index (χ0v) is 12.6. The summed E-state index contributed by atoms with van der Waals surface area (Å²) in [6, 6.07) is 0.0568. The van der Waals surface area contributed by atoms with Gasteiger partial charge in [-0.2, -0.15) is 5.10 Å². The number of aromatic nitrogens is 2. The maximum absolute atomic E-state index is 12.0. The second-order valence-electron chi connectivity index (χ2n) is 4.70. The molecule has 0 saturated carbocycles. The van der Waals surface area contributed by atoms with Crippen molar-refractivity contribution in [3.05, 3.63) is 21.6 Å². The molecule has 0 fully saturated rings. The summed E-state index contributed by atoms with van der Waals surface area (Å²) in [4.78, 5) is 14.0. The monoisotopic (exact) mass is 288 g/mol. The third kappa shape index (κ3) is 4.81. The lowest BCUT2D eigenvalue weighted by molar-refractivity contribution is 0.190. The van der Waals surface area contributed by atoms with E-state index in [1.54, 1.807) is 13.3 Å². The first kappa shape index (κ1) is 15.9. The quantitative estimate of drug-likeness (QED) is 0.808. The summed E-state index contributed by atoms with van der Waals surface area (Å²) in [5, 5.41) is 7.38. The van der Waals surface area contributed by atoms with Gasteiger partial charge in [-0.1, -0.05) is 11.6 Å². The van der Waals surface area contributed by atoms with Gasteiger partial charge >= 0.3 is 0 Å². The molecular formula is C12H21ClN4O2. The SMILES string of the molecule is COCC(C)Nc1cnn(CCN(C)C)c(=O)c1Cl. The van der Waals surface area contributed by atoms with Crippen molar-refractivity contribution in [1.82, 2.24) is 14.7 Å². The highest BCUT2D eigenvalue weighted by atomic mass is 35.5. The Balaban J connectivity index is 2.82. The van der Waals surface area contributed by atoms with E-state index in [0.717, 1.165) is 6.54 Å². The zero-order valence-electron chi connectivity index (χ0n) is 11.8. The first-order chi connectivity index (χ1) is 8.95. The van der Waals surface area contributed by atoms with Crippen molar-refractivity contribution in [2.24, 2.45) is 0 Å². The Labute approximate surface area is 118 Å². The van der Waals surface area contributed by atoms with Crippen molar-refractivity contribution in [1.29, 1.82) is 0 Å². The number of ether oxygens (including phenoxy) is 1. The minimum Gasteiger partial charge on any atom is -0.383 e. The van der Waals surface area contributed by atoms with Crippen LogP contribution >= 0.6 is 11.6 Å². The smallest absolute Gasteiger partial charge is 0.287 e. The second kappa shape index (κ2) is 7.47. The van der Waals surface area contributed by atoms with Crippen molar-refractivity contribution in [2.45, 2.75) is 19.5 Å². The van der Waals surface area contributed by atoms with Gasteiger partial charge in [0.2, 0.25) is 0 Å². The molecule has 1 aromatic rings. The molecule has 0 aromatic carbocycles. The number of hydrogen-bond donors (Lipinski definition) is 1. The van der Waals surface area contributed by atoms with Gasteiger partial charge in [-0.05, 0) is 21.0 Å². The van der Waals surface area contributed by atoms with Crippen LogP contribution in [0.15, 0.2) is 11.0 Å². The average molecular weight is 289 g/mol. The average Bonchev–Trinajstić information content (AvgIpc) is 2.34. The Morgan fingerprint density at radius 3 is 2.84 bits per heavy atom. The van der Waals surface area contributed by atoms with Crippen LogP contribution in [0.1, 0.15) is 6.92 Å². The van der Waals surface area contributed by atoms with Crippen LogP contribution in [0.2, 0.25) is 5.02 Å². The molecule has 0 spiro atoms. The third-order valence-corrected chi connectivity index (χ3v) is 2.93. The van der Waals surface area contributed by atoms with Crippen LogP contribution < -0.4 is 10.9 Å². The van der Waals surface area contributed by atoms with E-state index in [1.807, 2.05) is 25.9 Å². The van der Waals surface area contributed by atoms with Gasteiger partial charge in [0.15, 0.2) is 0 Å². The Morgan fingerprint density at radius 1 is 1.58 bits per heavy atom. The van der Waals surface area contributed by atoms with E-state index in [1.165, 1.54) is 4.68 Å².